The molecule has 0 saturated heterocycles. The second-order valence-corrected chi connectivity index (χ2v) is 5.03. The van der Waals surface area contributed by atoms with Gasteiger partial charge in [0.05, 0.1) is 24.7 Å². The Bertz CT molecular complexity index is 443. The Morgan fingerprint density at radius 1 is 1.06 bits per heavy atom. The molecule has 0 unspecified atom stereocenters. The van der Waals surface area contributed by atoms with E-state index in [1.165, 1.54) is 12.1 Å². The second-order valence-electron chi connectivity index (χ2n) is 3.47. The quantitative estimate of drug-likeness (QED) is 0.693. The number of sulfonamides is 1. The normalized spacial score (nSPS) is 11.4. The molecule has 7 heteroatoms. The van der Waals surface area contributed by atoms with Gasteiger partial charge in [0.15, 0.2) is 0 Å². The van der Waals surface area contributed by atoms with Crippen molar-refractivity contribution in [2.45, 2.75) is 4.90 Å². The molecular weight excluding hydrogens is 258 g/mol. The lowest BCUT2D eigenvalue weighted by molar-refractivity contribution is 0.0544. The van der Waals surface area contributed by atoms with Crippen LogP contribution in [0.3, 0.4) is 0 Å². The Balaban J connectivity index is 2.32. The van der Waals surface area contributed by atoms with Gasteiger partial charge in [0.2, 0.25) is 10.0 Å². The molecule has 1 rings (SSSR count). The molecule has 6 nitrogen and oxygen atoms in total. The average molecular weight is 275 g/mol. The minimum absolute atomic E-state index is 0.0613. The van der Waals surface area contributed by atoms with Gasteiger partial charge in [-0.15, -0.1) is 0 Å². The van der Waals surface area contributed by atoms with Crippen LogP contribution in [0.1, 0.15) is 0 Å². The van der Waals surface area contributed by atoms with Gasteiger partial charge in [0.25, 0.3) is 0 Å². The monoisotopic (exact) mass is 275 g/mol. The molecule has 0 fully saturated rings. The van der Waals surface area contributed by atoms with Crippen molar-refractivity contribution in [1.82, 2.24) is 0 Å². The highest BCUT2D eigenvalue weighted by molar-refractivity contribution is 7.89. The van der Waals surface area contributed by atoms with Crippen molar-refractivity contribution < 1.29 is 22.6 Å². The number of nitrogens with two attached hydrogens (primary N) is 1. The van der Waals surface area contributed by atoms with Crippen LogP contribution in [-0.2, 0) is 19.5 Å². The first-order valence-corrected chi connectivity index (χ1v) is 6.91. The van der Waals surface area contributed by atoms with Crippen LogP contribution in [0.4, 0.5) is 0 Å². The summed E-state index contributed by atoms with van der Waals surface area (Å²) in [4.78, 5) is 0.0613. The molecule has 0 bridgehead atoms. The molecule has 102 valence electrons. The summed E-state index contributed by atoms with van der Waals surface area (Å²) in [6, 6.07) is 5.90. The number of methoxy groups -OCH3 is 1. The van der Waals surface area contributed by atoms with Gasteiger partial charge >= 0.3 is 0 Å². The molecule has 1 aromatic rings. The molecule has 0 aromatic heterocycles. The van der Waals surface area contributed by atoms with E-state index in [0.29, 0.717) is 32.2 Å². The third kappa shape index (κ3) is 5.46. The number of benzene rings is 1. The van der Waals surface area contributed by atoms with Crippen molar-refractivity contribution in [3.8, 4) is 5.75 Å². The van der Waals surface area contributed by atoms with Gasteiger partial charge in [-0.2, -0.15) is 0 Å². The zero-order valence-electron chi connectivity index (χ0n) is 10.2. The van der Waals surface area contributed by atoms with Crippen molar-refractivity contribution in [3.63, 3.8) is 0 Å². The molecule has 0 aliphatic heterocycles. The van der Waals surface area contributed by atoms with Gasteiger partial charge in [-0.1, -0.05) is 0 Å². The lowest BCUT2D eigenvalue weighted by Crippen LogP contribution is -2.12. The first-order valence-electron chi connectivity index (χ1n) is 5.36. The van der Waals surface area contributed by atoms with Crippen molar-refractivity contribution in [2.75, 3.05) is 33.5 Å². The molecule has 0 amide bonds. The zero-order valence-corrected chi connectivity index (χ0v) is 11.0. The second kappa shape index (κ2) is 7.32. The molecule has 0 heterocycles. The fourth-order valence-corrected chi connectivity index (χ4v) is 1.70. The third-order valence-electron chi connectivity index (χ3n) is 2.08. The van der Waals surface area contributed by atoms with E-state index in [4.69, 9.17) is 19.3 Å². The maximum atomic E-state index is 11.0. The fraction of sp³-hybridized carbons (Fsp3) is 0.455. The molecule has 2 N–H and O–H groups in total. The van der Waals surface area contributed by atoms with Crippen LogP contribution in [0.2, 0.25) is 0 Å². The van der Waals surface area contributed by atoms with Gasteiger partial charge in [-0.25, -0.2) is 13.6 Å². The van der Waals surface area contributed by atoms with Gasteiger partial charge in [0, 0.05) is 7.11 Å². The number of ether oxygens (including phenoxy) is 3. The Labute approximate surface area is 107 Å². The molecule has 0 saturated carbocycles. The third-order valence-corrected chi connectivity index (χ3v) is 3.01. The predicted octanol–water partition coefficient (Wildman–Crippen LogP) is 0.376. The summed E-state index contributed by atoms with van der Waals surface area (Å²) in [6.07, 6.45) is 0. The molecule has 0 spiro atoms. The van der Waals surface area contributed by atoms with Crippen LogP contribution < -0.4 is 9.88 Å². The van der Waals surface area contributed by atoms with Crippen LogP contribution in [-0.4, -0.2) is 42.0 Å². The molecule has 0 atom stereocenters. The molecule has 0 aliphatic rings. The van der Waals surface area contributed by atoms with Crippen LogP contribution in [0, 0.1) is 0 Å². The Hall–Kier alpha value is -1.15. The van der Waals surface area contributed by atoms with Crippen LogP contribution in [0.5, 0.6) is 5.75 Å². The van der Waals surface area contributed by atoms with E-state index >= 15 is 0 Å². The van der Waals surface area contributed by atoms with Crippen molar-refractivity contribution in [1.29, 1.82) is 0 Å². The Kier molecular flexibility index (Phi) is 6.06. The van der Waals surface area contributed by atoms with Crippen LogP contribution in [0.15, 0.2) is 29.2 Å². The van der Waals surface area contributed by atoms with Crippen LogP contribution >= 0.6 is 0 Å². The van der Waals surface area contributed by atoms with E-state index in [0.717, 1.165) is 0 Å². The molecule has 18 heavy (non-hydrogen) atoms. The Morgan fingerprint density at radius 3 is 2.22 bits per heavy atom. The van der Waals surface area contributed by atoms with Gasteiger partial charge < -0.3 is 14.2 Å². The highest BCUT2D eigenvalue weighted by Gasteiger charge is 2.06. The summed E-state index contributed by atoms with van der Waals surface area (Å²) >= 11 is 0. The number of hydrogen-bond acceptors (Lipinski definition) is 5. The van der Waals surface area contributed by atoms with E-state index in [2.05, 4.69) is 0 Å². The highest BCUT2D eigenvalue weighted by atomic mass is 32.2. The lowest BCUT2D eigenvalue weighted by atomic mass is 10.3. The molecule has 0 radical (unpaired) electrons. The first-order chi connectivity index (χ1) is 8.54. The summed E-state index contributed by atoms with van der Waals surface area (Å²) in [5.74, 6) is 0.567. The topological polar surface area (TPSA) is 87.8 Å². The maximum Gasteiger partial charge on any atom is 0.238 e. The number of primary sulfonamides is 1. The average Bonchev–Trinajstić information content (AvgIpc) is 2.33. The minimum Gasteiger partial charge on any atom is -0.491 e. The minimum atomic E-state index is -3.65. The standard InChI is InChI=1S/C11H17NO5S/c1-15-6-7-16-8-9-17-10-2-4-11(5-3-10)18(12,13)14/h2-5H,6-9H2,1H3,(H2,12,13,14). The summed E-state index contributed by atoms with van der Waals surface area (Å²) in [6.45, 7) is 1.89. The van der Waals surface area contributed by atoms with Gasteiger partial charge in [-0.3, -0.25) is 0 Å². The molecular formula is C11H17NO5S. The summed E-state index contributed by atoms with van der Waals surface area (Å²) in [5.41, 5.74) is 0. The summed E-state index contributed by atoms with van der Waals surface area (Å²) < 4.78 is 37.4. The SMILES string of the molecule is COCCOCCOc1ccc(S(N)(=O)=O)cc1. The van der Waals surface area contributed by atoms with Crippen molar-refractivity contribution in [2.24, 2.45) is 5.14 Å². The number of rotatable bonds is 8. The van der Waals surface area contributed by atoms with E-state index in [-0.39, 0.29) is 4.90 Å². The van der Waals surface area contributed by atoms with E-state index in [1.807, 2.05) is 0 Å². The van der Waals surface area contributed by atoms with Crippen molar-refractivity contribution >= 4 is 10.0 Å². The summed E-state index contributed by atoms with van der Waals surface area (Å²) in [7, 11) is -2.05. The largest absolute Gasteiger partial charge is 0.491 e. The predicted molar refractivity (Wildman–Crippen MR) is 66.0 cm³/mol. The van der Waals surface area contributed by atoms with Gasteiger partial charge in [-0.05, 0) is 24.3 Å². The van der Waals surface area contributed by atoms with Crippen LogP contribution in [0.25, 0.3) is 0 Å². The van der Waals surface area contributed by atoms with Crippen molar-refractivity contribution in [3.05, 3.63) is 24.3 Å². The molecule has 0 aliphatic carbocycles. The highest BCUT2D eigenvalue weighted by Crippen LogP contribution is 2.14. The van der Waals surface area contributed by atoms with Gasteiger partial charge in [0.1, 0.15) is 12.4 Å². The molecule has 1 aromatic carbocycles. The fourth-order valence-electron chi connectivity index (χ4n) is 1.19. The smallest absolute Gasteiger partial charge is 0.238 e. The first kappa shape index (κ1) is 14.9. The Morgan fingerprint density at radius 2 is 1.67 bits per heavy atom. The van der Waals surface area contributed by atoms with E-state index < -0.39 is 10.0 Å². The van der Waals surface area contributed by atoms with E-state index in [1.54, 1.807) is 19.2 Å². The van der Waals surface area contributed by atoms with E-state index in [9.17, 15) is 8.42 Å². The summed E-state index contributed by atoms with van der Waals surface area (Å²) in [5, 5.41) is 4.97. The number of hydrogen-bond donors (Lipinski definition) is 1. The lowest BCUT2D eigenvalue weighted by Gasteiger charge is -2.07. The zero-order chi connectivity index (χ0) is 13.4. The maximum absolute atomic E-state index is 11.0.